The van der Waals surface area contributed by atoms with Crippen LogP contribution < -0.4 is 5.32 Å². The van der Waals surface area contributed by atoms with Crippen molar-refractivity contribution in [3.8, 4) is 0 Å². The number of hydrogen-bond donors (Lipinski definition) is 1. The number of carbonyl (C=O) groups excluding carboxylic acids is 1. The van der Waals surface area contributed by atoms with Crippen LogP contribution in [0.5, 0.6) is 0 Å². The quantitative estimate of drug-likeness (QED) is 0.879. The van der Waals surface area contributed by atoms with E-state index >= 15 is 0 Å². The molecule has 1 amide bonds. The van der Waals surface area contributed by atoms with E-state index < -0.39 is 0 Å². The van der Waals surface area contributed by atoms with Crippen LogP contribution in [-0.4, -0.2) is 23.6 Å². The normalized spacial score (nSPS) is 19.0. The van der Waals surface area contributed by atoms with Gasteiger partial charge in [-0.1, -0.05) is 12.1 Å². The third kappa shape index (κ3) is 2.07. The maximum atomic E-state index is 12.0. The Labute approximate surface area is 105 Å². The van der Waals surface area contributed by atoms with Crippen LogP contribution in [-0.2, 0) is 9.53 Å². The fourth-order valence-electron chi connectivity index (χ4n) is 2.23. The predicted molar refractivity (Wildman–Crippen MR) is 69.3 cm³/mol. The maximum Gasteiger partial charge on any atom is 0.253 e. The zero-order valence-electron chi connectivity index (χ0n) is 9.93. The van der Waals surface area contributed by atoms with E-state index in [2.05, 4.69) is 10.3 Å². The molecule has 1 aromatic heterocycles. The Kier molecular flexibility index (Phi) is 2.94. The van der Waals surface area contributed by atoms with Crippen molar-refractivity contribution in [2.24, 2.45) is 0 Å². The number of carbonyl (C=O) groups is 1. The van der Waals surface area contributed by atoms with Gasteiger partial charge in [-0.2, -0.15) is 0 Å². The standard InChI is InChI=1S/C14H14N2O2/c17-14(13-5-2-8-18-13)16-12-4-1-3-10-9-15-7-6-11(10)12/h1,3-4,6-7,9,13H,2,5,8H2,(H,16,17). The number of rotatable bonds is 2. The van der Waals surface area contributed by atoms with Gasteiger partial charge in [-0.15, -0.1) is 0 Å². The third-order valence-electron chi connectivity index (χ3n) is 3.16. The van der Waals surface area contributed by atoms with Gasteiger partial charge in [0.05, 0.1) is 0 Å². The third-order valence-corrected chi connectivity index (χ3v) is 3.16. The number of fused-ring (bicyclic) bond motifs is 1. The number of amides is 1. The molecule has 4 heteroatoms. The molecule has 4 nitrogen and oxygen atoms in total. The lowest BCUT2D eigenvalue weighted by molar-refractivity contribution is -0.124. The number of pyridine rings is 1. The number of hydrogen-bond acceptors (Lipinski definition) is 3. The van der Waals surface area contributed by atoms with Crippen molar-refractivity contribution >= 4 is 22.4 Å². The summed E-state index contributed by atoms with van der Waals surface area (Å²) in [6.45, 7) is 0.678. The largest absolute Gasteiger partial charge is 0.368 e. The molecule has 92 valence electrons. The number of benzene rings is 1. The summed E-state index contributed by atoms with van der Waals surface area (Å²) in [4.78, 5) is 16.1. The summed E-state index contributed by atoms with van der Waals surface area (Å²) in [5.74, 6) is -0.0585. The molecule has 1 aliphatic rings. The predicted octanol–water partition coefficient (Wildman–Crippen LogP) is 2.35. The summed E-state index contributed by atoms with van der Waals surface area (Å²) in [5.41, 5.74) is 0.815. The molecule has 1 aliphatic heterocycles. The van der Waals surface area contributed by atoms with Crippen LogP contribution in [0.3, 0.4) is 0 Å². The number of nitrogens with zero attached hydrogens (tertiary/aromatic N) is 1. The maximum absolute atomic E-state index is 12.0. The Morgan fingerprint density at radius 2 is 2.33 bits per heavy atom. The fourth-order valence-corrected chi connectivity index (χ4v) is 2.23. The Hall–Kier alpha value is -1.94. The van der Waals surface area contributed by atoms with Crippen LogP contribution >= 0.6 is 0 Å². The van der Waals surface area contributed by atoms with Crippen LogP contribution in [0, 0.1) is 0 Å². The zero-order valence-corrected chi connectivity index (χ0v) is 9.93. The van der Waals surface area contributed by atoms with Crippen LogP contribution in [0.1, 0.15) is 12.8 Å². The smallest absolute Gasteiger partial charge is 0.253 e. The van der Waals surface area contributed by atoms with Crippen LogP contribution in [0.25, 0.3) is 10.8 Å². The second-order valence-corrected chi connectivity index (χ2v) is 4.39. The van der Waals surface area contributed by atoms with Crippen LogP contribution in [0.15, 0.2) is 36.7 Å². The minimum atomic E-state index is -0.304. The van der Waals surface area contributed by atoms with Gasteiger partial charge in [0.25, 0.3) is 5.91 Å². The van der Waals surface area contributed by atoms with Gasteiger partial charge in [-0.05, 0) is 25.0 Å². The molecule has 1 aromatic carbocycles. The van der Waals surface area contributed by atoms with E-state index in [1.807, 2.05) is 24.3 Å². The molecule has 3 rings (SSSR count). The van der Waals surface area contributed by atoms with Crippen molar-refractivity contribution in [3.63, 3.8) is 0 Å². The lowest BCUT2D eigenvalue weighted by Crippen LogP contribution is -2.26. The Bertz CT molecular complexity index is 572. The van der Waals surface area contributed by atoms with E-state index in [0.717, 1.165) is 29.3 Å². The zero-order chi connectivity index (χ0) is 12.4. The van der Waals surface area contributed by atoms with Gasteiger partial charge < -0.3 is 10.1 Å². The second kappa shape index (κ2) is 4.74. The Morgan fingerprint density at radius 3 is 3.17 bits per heavy atom. The van der Waals surface area contributed by atoms with Gasteiger partial charge >= 0.3 is 0 Å². The summed E-state index contributed by atoms with van der Waals surface area (Å²) in [7, 11) is 0. The highest BCUT2D eigenvalue weighted by Crippen LogP contribution is 2.23. The van der Waals surface area contributed by atoms with E-state index in [9.17, 15) is 4.79 Å². The van der Waals surface area contributed by atoms with E-state index in [0.29, 0.717) is 6.61 Å². The van der Waals surface area contributed by atoms with Gasteiger partial charge in [0, 0.05) is 35.5 Å². The van der Waals surface area contributed by atoms with Crippen LogP contribution in [0.2, 0.25) is 0 Å². The molecule has 1 fully saturated rings. The van der Waals surface area contributed by atoms with Crippen molar-refractivity contribution in [3.05, 3.63) is 36.7 Å². The molecular weight excluding hydrogens is 228 g/mol. The van der Waals surface area contributed by atoms with Gasteiger partial charge in [-0.3, -0.25) is 9.78 Å². The lowest BCUT2D eigenvalue weighted by Gasteiger charge is -2.12. The summed E-state index contributed by atoms with van der Waals surface area (Å²) in [6, 6.07) is 7.69. The second-order valence-electron chi connectivity index (χ2n) is 4.39. The van der Waals surface area contributed by atoms with Crippen LogP contribution in [0.4, 0.5) is 5.69 Å². The SMILES string of the molecule is O=C(Nc1cccc2cnccc12)C1CCCO1. The summed E-state index contributed by atoms with van der Waals surface area (Å²) in [5, 5.41) is 4.95. The van der Waals surface area contributed by atoms with Crippen molar-refractivity contribution < 1.29 is 9.53 Å². The molecule has 1 atom stereocenters. The first-order valence-corrected chi connectivity index (χ1v) is 6.10. The average Bonchev–Trinajstić information content (AvgIpc) is 2.93. The van der Waals surface area contributed by atoms with Crippen molar-refractivity contribution in [2.45, 2.75) is 18.9 Å². The molecule has 18 heavy (non-hydrogen) atoms. The molecule has 0 saturated carbocycles. The van der Waals surface area contributed by atoms with Gasteiger partial charge in [0.15, 0.2) is 0 Å². The first-order valence-electron chi connectivity index (χ1n) is 6.10. The van der Waals surface area contributed by atoms with Gasteiger partial charge in [0.1, 0.15) is 6.10 Å². The topological polar surface area (TPSA) is 51.2 Å². The minimum Gasteiger partial charge on any atom is -0.368 e. The molecule has 1 unspecified atom stereocenters. The van der Waals surface area contributed by atoms with E-state index in [4.69, 9.17) is 4.74 Å². The minimum absolute atomic E-state index is 0.0585. The Morgan fingerprint density at radius 1 is 1.39 bits per heavy atom. The molecular formula is C14H14N2O2. The van der Waals surface area contributed by atoms with Gasteiger partial charge in [0.2, 0.25) is 0 Å². The number of ether oxygens (including phenoxy) is 1. The molecule has 2 aromatic rings. The van der Waals surface area contributed by atoms with Gasteiger partial charge in [-0.25, -0.2) is 0 Å². The highest BCUT2D eigenvalue weighted by Gasteiger charge is 2.23. The average molecular weight is 242 g/mol. The number of aromatic nitrogens is 1. The first-order chi connectivity index (χ1) is 8.84. The molecule has 0 bridgehead atoms. The van der Waals surface area contributed by atoms with E-state index in [1.54, 1.807) is 12.4 Å². The highest BCUT2D eigenvalue weighted by molar-refractivity contribution is 6.03. The lowest BCUT2D eigenvalue weighted by atomic mass is 10.1. The fraction of sp³-hybridized carbons (Fsp3) is 0.286. The van der Waals surface area contributed by atoms with Crippen molar-refractivity contribution in [2.75, 3.05) is 11.9 Å². The van der Waals surface area contributed by atoms with E-state index in [1.165, 1.54) is 0 Å². The van der Waals surface area contributed by atoms with Crippen molar-refractivity contribution in [1.29, 1.82) is 0 Å². The molecule has 0 spiro atoms. The molecule has 1 N–H and O–H groups in total. The number of anilines is 1. The van der Waals surface area contributed by atoms with Crippen molar-refractivity contribution in [1.82, 2.24) is 4.98 Å². The first kappa shape index (κ1) is 11.2. The monoisotopic (exact) mass is 242 g/mol. The molecule has 0 aliphatic carbocycles. The number of nitrogens with one attached hydrogen (secondary N) is 1. The molecule has 1 saturated heterocycles. The summed E-state index contributed by atoms with van der Waals surface area (Å²) in [6.07, 6.45) is 4.97. The Balaban J connectivity index is 1.88. The summed E-state index contributed by atoms with van der Waals surface area (Å²) >= 11 is 0. The molecule has 2 heterocycles. The van der Waals surface area contributed by atoms with E-state index in [-0.39, 0.29) is 12.0 Å². The molecule has 0 radical (unpaired) electrons. The highest BCUT2D eigenvalue weighted by atomic mass is 16.5. The summed E-state index contributed by atoms with van der Waals surface area (Å²) < 4.78 is 5.37.